The minimum absolute atomic E-state index is 0.0563. The van der Waals surface area contributed by atoms with E-state index in [9.17, 15) is 15.0 Å². The van der Waals surface area contributed by atoms with Gasteiger partial charge in [0.15, 0.2) is 0 Å². The van der Waals surface area contributed by atoms with Gasteiger partial charge in [-0.2, -0.15) is 0 Å². The summed E-state index contributed by atoms with van der Waals surface area (Å²) in [6, 6.07) is -0.150. The Morgan fingerprint density at radius 3 is 2.62 bits per heavy atom. The molecule has 0 aliphatic carbocycles. The highest BCUT2D eigenvalue weighted by Crippen LogP contribution is 2.36. The molecule has 0 radical (unpaired) electrons. The number of hydrogen-bond acceptors (Lipinski definition) is 5. The van der Waals surface area contributed by atoms with Gasteiger partial charge in [0.1, 0.15) is 12.2 Å². The van der Waals surface area contributed by atoms with Crippen LogP contribution in [0.3, 0.4) is 0 Å². The van der Waals surface area contributed by atoms with Crippen molar-refractivity contribution in [2.75, 3.05) is 7.05 Å². The number of fused-ring (bicyclic) bond motifs is 2. The van der Waals surface area contributed by atoms with Gasteiger partial charge in [-0.05, 0) is 19.9 Å². The molecule has 2 heterocycles. The van der Waals surface area contributed by atoms with Crippen LogP contribution in [0.15, 0.2) is 0 Å². The molecule has 0 aromatic heterocycles. The molecule has 16 heavy (non-hydrogen) atoms. The minimum atomic E-state index is -0.678. The molecule has 2 aliphatic heterocycles. The number of carbonyl (C=O) groups is 1. The number of hydrogen-bond donors (Lipinski definition) is 2. The van der Waals surface area contributed by atoms with E-state index in [1.54, 1.807) is 6.92 Å². The number of rotatable bonds is 2. The normalized spacial score (nSPS) is 43.4. The van der Waals surface area contributed by atoms with Gasteiger partial charge in [-0.1, -0.05) is 6.92 Å². The van der Waals surface area contributed by atoms with Crippen molar-refractivity contribution in [3.05, 3.63) is 0 Å². The zero-order valence-electron chi connectivity index (χ0n) is 9.67. The maximum Gasteiger partial charge on any atom is 0.305 e. The van der Waals surface area contributed by atoms with Crippen LogP contribution in [-0.2, 0) is 9.53 Å². The molecular weight excluding hydrogens is 210 g/mol. The number of ether oxygens (including phenoxy) is 1. The van der Waals surface area contributed by atoms with E-state index in [1.807, 2.05) is 11.9 Å². The average molecular weight is 229 g/mol. The van der Waals surface area contributed by atoms with E-state index in [1.165, 1.54) is 0 Å². The van der Waals surface area contributed by atoms with Gasteiger partial charge in [0.05, 0.1) is 12.1 Å². The fraction of sp³-hybridized carbons (Fsp3) is 0.909. The highest BCUT2D eigenvalue weighted by molar-refractivity contribution is 5.69. The van der Waals surface area contributed by atoms with E-state index < -0.39 is 18.3 Å². The molecule has 2 rings (SSSR count). The Balaban J connectivity index is 2.11. The predicted molar refractivity (Wildman–Crippen MR) is 56.8 cm³/mol. The van der Waals surface area contributed by atoms with Crippen molar-refractivity contribution in [1.82, 2.24) is 4.90 Å². The largest absolute Gasteiger partial charge is 0.458 e. The molecule has 2 fully saturated rings. The number of aliphatic hydroxyl groups excluding tert-OH is 2. The summed E-state index contributed by atoms with van der Waals surface area (Å²) >= 11 is 0. The lowest BCUT2D eigenvalue weighted by Gasteiger charge is -2.34. The summed E-state index contributed by atoms with van der Waals surface area (Å²) in [6.07, 6.45) is -0.138. The van der Waals surface area contributed by atoms with E-state index in [-0.39, 0.29) is 18.1 Å². The van der Waals surface area contributed by atoms with Crippen LogP contribution in [0.2, 0.25) is 0 Å². The SMILES string of the molecule is CCC(=O)OC1C(O)C2CC(O)CC1N2C. The Bertz CT molecular complexity index is 283. The topological polar surface area (TPSA) is 70.0 Å². The van der Waals surface area contributed by atoms with Crippen molar-refractivity contribution < 1.29 is 19.7 Å². The monoisotopic (exact) mass is 229 g/mol. The van der Waals surface area contributed by atoms with E-state index >= 15 is 0 Å². The fourth-order valence-corrected chi connectivity index (χ4v) is 2.81. The van der Waals surface area contributed by atoms with Crippen LogP contribution < -0.4 is 0 Å². The lowest BCUT2D eigenvalue weighted by Crippen LogP contribution is -2.45. The summed E-state index contributed by atoms with van der Waals surface area (Å²) in [5.74, 6) is -0.292. The van der Waals surface area contributed by atoms with Crippen LogP contribution in [0.1, 0.15) is 26.2 Å². The predicted octanol–water partition coefficient (Wildman–Crippen LogP) is -0.494. The lowest BCUT2D eigenvalue weighted by atomic mass is 10.0. The smallest absolute Gasteiger partial charge is 0.305 e. The number of carbonyl (C=O) groups excluding carboxylic acids is 1. The molecule has 0 aromatic carbocycles. The van der Waals surface area contributed by atoms with Gasteiger partial charge in [0.2, 0.25) is 0 Å². The van der Waals surface area contributed by atoms with Gasteiger partial charge < -0.3 is 14.9 Å². The Labute approximate surface area is 95.0 Å². The van der Waals surface area contributed by atoms with E-state index in [4.69, 9.17) is 4.74 Å². The summed E-state index contributed by atoms with van der Waals surface area (Å²) in [6.45, 7) is 1.73. The molecule has 0 saturated carbocycles. The molecule has 2 saturated heterocycles. The molecule has 5 nitrogen and oxygen atoms in total. The Morgan fingerprint density at radius 2 is 2.00 bits per heavy atom. The first-order valence-electron chi connectivity index (χ1n) is 5.82. The van der Waals surface area contributed by atoms with Crippen LogP contribution in [-0.4, -0.2) is 58.5 Å². The average Bonchev–Trinajstić information content (AvgIpc) is 2.39. The molecule has 2 aliphatic rings. The van der Waals surface area contributed by atoms with Crippen molar-refractivity contribution in [1.29, 1.82) is 0 Å². The van der Waals surface area contributed by atoms with E-state index in [0.29, 0.717) is 19.3 Å². The van der Waals surface area contributed by atoms with Gasteiger partial charge in [0.25, 0.3) is 0 Å². The van der Waals surface area contributed by atoms with Crippen LogP contribution in [0.4, 0.5) is 0 Å². The molecule has 2 bridgehead atoms. The van der Waals surface area contributed by atoms with Gasteiger partial charge in [-0.15, -0.1) is 0 Å². The van der Waals surface area contributed by atoms with Gasteiger partial charge in [0, 0.05) is 12.5 Å². The maximum atomic E-state index is 11.3. The van der Waals surface area contributed by atoms with Crippen molar-refractivity contribution in [2.24, 2.45) is 0 Å². The number of piperidine rings is 1. The zero-order chi connectivity index (χ0) is 11.9. The van der Waals surface area contributed by atoms with Gasteiger partial charge in [-0.25, -0.2) is 0 Å². The van der Waals surface area contributed by atoms with Crippen LogP contribution in [0.5, 0.6) is 0 Å². The highest BCUT2D eigenvalue weighted by Gasteiger charge is 2.52. The second-order valence-electron chi connectivity index (χ2n) is 4.72. The first-order valence-corrected chi connectivity index (χ1v) is 5.82. The molecule has 5 unspecified atom stereocenters. The summed E-state index contributed by atoms with van der Waals surface area (Å²) in [5.41, 5.74) is 0. The quantitative estimate of drug-likeness (QED) is 0.625. The number of likely N-dealkylation sites (N-methyl/N-ethyl adjacent to an activating group) is 1. The molecule has 5 heteroatoms. The van der Waals surface area contributed by atoms with Crippen LogP contribution in [0, 0.1) is 0 Å². The summed E-state index contributed by atoms with van der Waals surface area (Å²) in [5, 5.41) is 19.7. The molecule has 92 valence electrons. The van der Waals surface area contributed by atoms with Crippen molar-refractivity contribution in [2.45, 2.75) is 56.6 Å². The molecular formula is C11H19NO4. The van der Waals surface area contributed by atoms with Gasteiger partial charge in [-0.3, -0.25) is 9.69 Å². The second kappa shape index (κ2) is 4.31. The Morgan fingerprint density at radius 1 is 1.38 bits per heavy atom. The number of aliphatic hydroxyl groups is 2. The van der Waals surface area contributed by atoms with Crippen LogP contribution >= 0.6 is 0 Å². The highest BCUT2D eigenvalue weighted by atomic mass is 16.6. The molecule has 0 amide bonds. The van der Waals surface area contributed by atoms with E-state index in [0.717, 1.165) is 0 Å². The Hall–Kier alpha value is -0.650. The zero-order valence-corrected chi connectivity index (χ0v) is 9.67. The molecule has 0 aromatic rings. The number of nitrogens with zero attached hydrogens (tertiary/aromatic N) is 1. The summed E-state index contributed by atoms with van der Waals surface area (Å²) in [7, 11) is 1.91. The Kier molecular flexibility index (Phi) is 3.19. The fourth-order valence-electron chi connectivity index (χ4n) is 2.81. The standard InChI is InChI=1S/C11H19NO4/c1-3-9(14)16-11-8-5-6(13)4-7(10(11)15)12(8)2/h6-8,10-11,13,15H,3-5H2,1-2H3. The van der Waals surface area contributed by atoms with Gasteiger partial charge >= 0.3 is 5.97 Å². The van der Waals surface area contributed by atoms with Crippen molar-refractivity contribution in [3.8, 4) is 0 Å². The third kappa shape index (κ3) is 1.83. The second-order valence-corrected chi connectivity index (χ2v) is 4.72. The molecule has 0 spiro atoms. The third-order valence-corrected chi connectivity index (χ3v) is 3.74. The minimum Gasteiger partial charge on any atom is -0.458 e. The van der Waals surface area contributed by atoms with Crippen molar-refractivity contribution in [3.63, 3.8) is 0 Å². The van der Waals surface area contributed by atoms with E-state index in [2.05, 4.69) is 0 Å². The first kappa shape index (κ1) is 11.8. The summed E-state index contributed by atoms with van der Waals surface area (Å²) in [4.78, 5) is 13.3. The summed E-state index contributed by atoms with van der Waals surface area (Å²) < 4.78 is 5.26. The third-order valence-electron chi connectivity index (χ3n) is 3.74. The molecule has 2 N–H and O–H groups in total. The van der Waals surface area contributed by atoms with Crippen LogP contribution in [0.25, 0.3) is 0 Å². The number of esters is 1. The maximum absolute atomic E-state index is 11.3. The molecule has 5 atom stereocenters. The van der Waals surface area contributed by atoms with Crippen molar-refractivity contribution >= 4 is 5.97 Å². The lowest BCUT2D eigenvalue weighted by molar-refractivity contribution is -0.154. The first-order chi connectivity index (χ1) is 7.54.